The second kappa shape index (κ2) is 4.25. The number of pyridine rings is 1. The molecule has 0 saturated heterocycles. The standard InChI is InChI=1S/C11H11N3O3/c1-6-3-4-12-10(9(6)11(15)16)17-8-5-7(2)13-14-8/h3-5H,1-2H3,(H,13,14)(H,15,16). The number of aromatic nitrogens is 3. The van der Waals surface area contributed by atoms with E-state index in [0.717, 1.165) is 5.69 Å². The van der Waals surface area contributed by atoms with Crippen LogP contribution in [0.25, 0.3) is 0 Å². The maximum absolute atomic E-state index is 11.1. The molecule has 0 radical (unpaired) electrons. The molecule has 2 N–H and O–H groups in total. The number of aromatic carboxylic acids is 1. The number of hydrogen-bond donors (Lipinski definition) is 2. The highest BCUT2D eigenvalue weighted by atomic mass is 16.5. The smallest absolute Gasteiger partial charge is 0.341 e. The summed E-state index contributed by atoms with van der Waals surface area (Å²) in [6.45, 7) is 3.51. The van der Waals surface area contributed by atoms with Crippen LogP contribution in [0.3, 0.4) is 0 Å². The molecule has 6 heteroatoms. The molecule has 2 aromatic heterocycles. The van der Waals surface area contributed by atoms with Crippen LogP contribution >= 0.6 is 0 Å². The highest BCUT2D eigenvalue weighted by Gasteiger charge is 2.17. The first-order valence-corrected chi connectivity index (χ1v) is 4.96. The van der Waals surface area contributed by atoms with Gasteiger partial charge in [0.05, 0.1) is 0 Å². The van der Waals surface area contributed by atoms with Gasteiger partial charge in [-0.25, -0.2) is 9.78 Å². The van der Waals surface area contributed by atoms with Crippen LogP contribution in [-0.2, 0) is 0 Å². The SMILES string of the molecule is Cc1cc(Oc2nccc(C)c2C(=O)O)n[nH]1. The first kappa shape index (κ1) is 11.1. The van der Waals surface area contributed by atoms with Crippen molar-refractivity contribution in [3.8, 4) is 11.8 Å². The lowest BCUT2D eigenvalue weighted by atomic mass is 10.1. The Bertz CT molecular complexity index is 563. The molecule has 0 bridgehead atoms. The van der Waals surface area contributed by atoms with Crippen LogP contribution in [0.4, 0.5) is 0 Å². The maximum Gasteiger partial charge on any atom is 0.341 e. The number of nitrogens with one attached hydrogen (secondary N) is 1. The van der Waals surface area contributed by atoms with Gasteiger partial charge in [-0.2, -0.15) is 0 Å². The number of rotatable bonds is 3. The normalized spacial score (nSPS) is 10.2. The molecule has 0 amide bonds. The first-order valence-electron chi connectivity index (χ1n) is 4.96. The van der Waals surface area contributed by atoms with Crippen molar-refractivity contribution in [1.29, 1.82) is 0 Å². The Balaban J connectivity index is 2.39. The van der Waals surface area contributed by atoms with Crippen LogP contribution in [0.15, 0.2) is 18.3 Å². The molecular weight excluding hydrogens is 222 g/mol. The number of carboxylic acids is 1. The summed E-state index contributed by atoms with van der Waals surface area (Å²) in [5, 5.41) is 15.6. The fourth-order valence-electron chi connectivity index (χ4n) is 1.42. The van der Waals surface area contributed by atoms with Crippen molar-refractivity contribution in [1.82, 2.24) is 15.2 Å². The third kappa shape index (κ3) is 2.25. The zero-order valence-corrected chi connectivity index (χ0v) is 9.39. The molecule has 0 aliphatic rings. The number of aromatic amines is 1. The predicted octanol–water partition coefficient (Wildman–Crippen LogP) is 1.91. The van der Waals surface area contributed by atoms with Crippen molar-refractivity contribution in [3.63, 3.8) is 0 Å². The molecule has 17 heavy (non-hydrogen) atoms. The van der Waals surface area contributed by atoms with Crippen LogP contribution in [0.1, 0.15) is 21.6 Å². The summed E-state index contributed by atoms with van der Waals surface area (Å²) in [5.41, 5.74) is 1.47. The quantitative estimate of drug-likeness (QED) is 0.845. The van der Waals surface area contributed by atoms with E-state index in [1.54, 1.807) is 19.1 Å². The second-order valence-corrected chi connectivity index (χ2v) is 3.60. The van der Waals surface area contributed by atoms with Crippen LogP contribution in [-0.4, -0.2) is 26.3 Å². The number of carbonyl (C=O) groups is 1. The van der Waals surface area contributed by atoms with E-state index in [0.29, 0.717) is 11.4 Å². The van der Waals surface area contributed by atoms with Crippen LogP contribution in [0, 0.1) is 13.8 Å². The summed E-state index contributed by atoms with van der Waals surface area (Å²) in [6, 6.07) is 3.28. The minimum Gasteiger partial charge on any atom is -0.477 e. The van der Waals surface area contributed by atoms with Crippen LogP contribution in [0.2, 0.25) is 0 Å². The predicted molar refractivity (Wildman–Crippen MR) is 59.3 cm³/mol. The Kier molecular flexibility index (Phi) is 2.78. The zero-order chi connectivity index (χ0) is 12.4. The van der Waals surface area contributed by atoms with Gasteiger partial charge in [0.1, 0.15) is 5.56 Å². The molecule has 0 unspecified atom stereocenters. The van der Waals surface area contributed by atoms with Crippen molar-refractivity contribution in [2.45, 2.75) is 13.8 Å². The fourth-order valence-corrected chi connectivity index (χ4v) is 1.42. The molecule has 0 atom stereocenters. The number of carboxylic acid groups (broad SMARTS) is 1. The first-order chi connectivity index (χ1) is 8.08. The summed E-state index contributed by atoms with van der Waals surface area (Å²) >= 11 is 0. The van der Waals surface area contributed by atoms with Gasteiger partial charge in [0.25, 0.3) is 0 Å². The molecule has 88 valence electrons. The average Bonchev–Trinajstić information content (AvgIpc) is 2.63. The van der Waals surface area contributed by atoms with Gasteiger partial charge in [0.2, 0.25) is 11.8 Å². The average molecular weight is 233 g/mol. The second-order valence-electron chi connectivity index (χ2n) is 3.60. The largest absolute Gasteiger partial charge is 0.477 e. The molecule has 0 aliphatic heterocycles. The van der Waals surface area contributed by atoms with E-state index in [1.165, 1.54) is 6.20 Å². The molecule has 0 aromatic carbocycles. The third-order valence-electron chi connectivity index (χ3n) is 2.22. The molecule has 0 fully saturated rings. The van der Waals surface area contributed by atoms with Crippen molar-refractivity contribution < 1.29 is 14.6 Å². The zero-order valence-electron chi connectivity index (χ0n) is 9.39. The van der Waals surface area contributed by atoms with Crippen molar-refractivity contribution in [2.24, 2.45) is 0 Å². The lowest BCUT2D eigenvalue weighted by molar-refractivity contribution is 0.0692. The molecule has 0 spiro atoms. The molecule has 0 saturated carbocycles. The van der Waals surface area contributed by atoms with Gasteiger partial charge in [-0.1, -0.05) is 0 Å². The lowest BCUT2D eigenvalue weighted by Crippen LogP contribution is -2.04. The Labute approximate surface area is 97.3 Å². The molecule has 0 aliphatic carbocycles. The van der Waals surface area contributed by atoms with E-state index in [1.807, 2.05) is 6.92 Å². The fraction of sp³-hybridized carbons (Fsp3) is 0.182. The molecular formula is C11H11N3O3. The van der Waals surface area contributed by atoms with Crippen LogP contribution in [0.5, 0.6) is 11.8 Å². The minimum absolute atomic E-state index is 0.0454. The summed E-state index contributed by atoms with van der Waals surface area (Å²) in [4.78, 5) is 15.0. The minimum atomic E-state index is -1.07. The van der Waals surface area contributed by atoms with Crippen molar-refractivity contribution in [2.75, 3.05) is 0 Å². The molecule has 6 nitrogen and oxygen atoms in total. The Morgan fingerprint density at radius 1 is 1.47 bits per heavy atom. The van der Waals surface area contributed by atoms with E-state index < -0.39 is 5.97 Å². The van der Waals surface area contributed by atoms with Gasteiger partial charge in [-0.3, -0.25) is 5.10 Å². The summed E-state index contributed by atoms with van der Waals surface area (Å²) < 4.78 is 5.34. The van der Waals surface area contributed by atoms with Gasteiger partial charge >= 0.3 is 5.97 Å². The van der Waals surface area contributed by atoms with E-state index in [-0.39, 0.29) is 11.4 Å². The molecule has 2 aromatic rings. The van der Waals surface area contributed by atoms with Crippen molar-refractivity contribution in [3.05, 3.63) is 35.2 Å². The van der Waals surface area contributed by atoms with Crippen molar-refractivity contribution >= 4 is 5.97 Å². The highest BCUT2D eigenvalue weighted by Crippen LogP contribution is 2.24. The maximum atomic E-state index is 11.1. The topological polar surface area (TPSA) is 88.1 Å². The number of ether oxygens (including phenoxy) is 1. The monoisotopic (exact) mass is 233 g/mol. The lowest BCUT2D eigenvalue weighted by Gasteiger charge is -2.06. The number of H-pyrrole nitrogens is 1. The summed E-state index contributed by atoms with van der Waals surface area (Å²) in [6.07, 6.45) is 1.50. The summed E-state index contributed by atoms with van der Waals surface area (Å²) in [5.74, 6) is -0.732. The number of nitrogens with zero attached hydrogens (tertiary/aromatic N) is 2. The third-order valence-corrected chi connectivity index (χ3v) is 2.22. The Hall–Kier alpha value is -2.37. The number of aryl methyl sites for hydroxylation is 2. The van der Waals surface area contributed by atoms with Gasteiger partial charge in [0, 0.05) is 18.0 Å². The van der Waals surface area contributed by atoms with Crippen LogP contribution < -0.4 is 4.74 Å². The summed E-state index contributed by atoms with van der Waals surface area (Å²) in [7, 11) is 0. The van der Waals surface area contributed by atoms with E-state index >= 15 is 0 Å². The van der Waals surface area contributed by atoms with E-state index in [2.05, 4.69) is 15.2 Å². The molecule has 2 heterocycles. The molecule has 2 rings (SSSR count). The van der Waals surface area contributed by atoms with Gasteiger partial charge in [0.15, 0.2) is 0 Å². The van der Waals surface area contributed by atoms with Gasteiger partial charge in [-0.15, -0.1) is 5.10 Å². The van der Waals surface area contributed by atoms with Gasteiger partial charge in [-0.05, 0) is 25.5 Å². The number of hydrogen-bond acceptors (Lipinski definition) is 4. The van der Waals surface area contributed by atoms with E-state index in [9.17, 15) is 4.79 Å². The van der Waals surface area contributed by atoms with Gasteiger partial charge < -0.3 is 9.84 Å². The Morgan fingerprint density at radius 2 is 2.24 bits per heavy atom. The Morgan fingerprint density at radius 3 is 2.82 bits per heavy atom. The highest BCUT2D eigenvalue weighted by molar-refractivity contribution is 5.91. The van der Waals surface area contributed by atoms with E-state index in [4.69, 9.17) is 9.84 Å².